The molecule has 0 aromatic rings. The fourth-order valence-corrected chi connectivity index (χ4v) is 6.93. The van der Waals surface area contributed by atoms with Crippen LogP contribution in [0.15, 0.2) is 0 Å². The van der Waals surface area contributed by atoms with Crippen LogP contribution in [0.1, 0.15) is 32.1 Å². The van der Waals surface area contributed by atoms with Gasteiger partial charge >= 0.3 is 0 Å². The van der Waals surface area contributed by atoms with E-state index in [1.165, 1.54) is 6.26 Å². The van der Waals surface area contributed by atoms with Crippen molar-refractivity contribution in [3.63, 3.8) is 0 Å². The lowest BCUT2D eigenvalue weighted by Gasteiger charge is -2.41. The zero-order chi connectivity index (χ0) is 21.5. The highest BCUT2D eigenvalue weighted by atomic mass is 32.2. The predicted molar refractivity (Wildman–Crippen MR) is 111 cm³/mol. The average molecular weight is 447 g/mol. The van der Waals surface area contributed by atoms with E-state index in [1.54, 1.807) is 5.01 Å². The van der Waals surface area contributed by atoms with Crippen molar-refractivity contribution in [1.82, 2.24) is 26.4 Å². The van der Waals surface area contributed by atoms with E-state index in [2.05, 4.69) is 21.4 Å². The first-order chi connectivity index (χ1) is 14.2. The Morgan fingerprint density at radius 1 is 1.17 bits per heavy atom. The number of halogens is 1. The van der Waals surface area contributed by atoms with E-state index in [0.29, 0.717) is 31.2 Å². The molecule has 6 unspecified atom stereocenters. The van der Waals surface area contributed by atoms with Crippen LogP contribution in [0.3, 0.4) is 0 Å². The highest BCUT2D eigenvalue weighted by Gasteiger charge is 2.48. The number of sulfone groups is 1. The van der Waals surface area contributed by atoms with Crippen LogP contribution in [0.2, 0.25) is 0 Å². The van der Waals surface area contributed by atoms with E-state index in [0.717, 1.165) is 25.8 Å². The van der Waals surface area contributed by atoms with Crippen LogP contribution < -0.4 is 27.1 Å². The van der Waals surface area contributed by atoms with Gasteiger partial charge in [0.1, 0.15) is 16.0 Å². The SMILES string of the molecule is CS(=O)(=O)C1CCC(C2CCNCC2NC(=O)C2C(N)NN3CC(F)CNC23)CC1. The summed E-state index contributed by atoms with van der Waals surface area (Å²) in [5.74, 6) is 0.131. The Labute approximate surface area is 178 Å². The van der Waals surface area contributed by atoms with Gasteiger partial charge < -0.3 is 16.4 Å². The molecule has 6 N–H and O–H groups in total. The number of hydrogen-bond donors (Lipinski definition) is 5. The molecule has 11 heteroatoms. The molecule has 0 bridgehead atoms. The third-order valence-corrected chi connectivity index (χ3v) is 9.10. The molecule has 172 valence electrons. The lowest BCUT2D eigenvalue weighted by atomic mass is 9.73. The first-order valence-electron chi connectivity index (χ1n) is 11.1. The molecule has 1 saturated carbocycles. The highest BCUT2D eigenvalue weighted by molar-refractivity contribution is 7.91. The molecule has 3 heterocycles. The van der Waals surface area contributed by atoms with Gasteiger partial charge in [0.15, 0.2) is 0 Å². The molecular weight excluding hydrogens is 411 g/mol. The monoisotopic (exact) mass is 446 g/mol. The summed E-state index contributed by atoms with van der Waals surface area (Å²) in [6, 6.07) is -0.00945. The summed E-state index contributed by atoms with van der Waals surface area (Å²) < 4.78 is 37.4. The van der Waals surface area contributed by atoms with Crippen molar-refractivity contribution in [2.24, 2.45) is 23.5 Å². The predicted octanol–water partition coefficient (Wildman–Crippen LogP) is -1.33. The lowest BCUT2D eigenvalue weighted by Crippen LogP contribution is -2.60. The van der Waals surface area contributed by atoms with E-state index in [9.17, 15) is 17.6 Å². The van der Waals surface area contributed by atoms with Gasteiger partial charge in [0.2, 0.25) is 5.91 Å². The van der Waals surface area contributed by atoms with Gasteiger partial charge in [-0.3, -0.25) is 10.1 Å². The van der Waals surface area contributed by atoms with Crippen molar-refractivity contribution in [2.75, 3.05) is 32.4 Å². The van der Waals surface area contributed by atoms with Gasteiger partial charge in [-0.25, -0.2) is 23.2 Å². The summed E-state index contributed by atoms with van der Waals surface area (Å²) >= 11 is 0. The lowest BCUT2D eigenvalue weighted by molar-refractivity contribution is -0.128. The minimum atomic E-state index is -2.99. The molecule has 3 aliphatic heterocycles. The Bertz CT molecular complexity index is 732. The van der Waals surface area contributed by atoms with E-state index in [-0.39, 0.29) is 36.5 Å². The molecule has 4 rings (SSSR count). The summed E-state index contributed by atoms with van der Waals surface area (Å²) in [5.41, 5.74) is 9.20. The largest absolute Gasteiger partial charge is 0.351 e. The summed E-state index contributed by atoms with van der Waals surface area (Å²) in [6.07, 6.45) is 3.61. The Morgan fingerprint density at radius 2 is 1.90 bits per heavy atom. The number of rotatable bonds is 4. The molecule has 4 fully saturated rings. The van der Waals surface area contributed by atoms with Gasteiger partial charge in [-0.1, -0.05) is 0 Å². The normalized spacial score (nSPS) is 43.2. The van der Waals surface area contributed by atoms with Crippen molar-refractivity contribution in [1.29, 1.82) is 0 Å². The summed E-state index contributed by atoms with van der Waals surface area (Å²) in [7, 11) is -2.99. The highest BCUT2D eigenvalue weighted by Crippen LogP contribution is 2.37. The first kappa shape index (κ1) is 22.3. The maximum Gasteiger partial charge on any atom is 0.229 e. The van der Waals surface area contributed by atoms with Gasteiger partial charge in [-0.05, 0) is 50.5 Å². The van der Waals surface area contributed by atoms with Crippen LogP contribution >= 0.6 is 0 Å². The number of nitrogens with one attached hydrogen (secondary N) is 4. The zero-order valence-corrected chi connectivity index (χ0v) is 18.3. The number of piperidine rings is 1. The molecule has 6 atom stereocenters. The zero-order valence-electron chi connectivity index (χ0n) is 17.5. The average Bonchev–Trinajstić information content (AvgIpc) is 3.02. The van der Waals surface area contributed by atoms with Gasteiger partial charge in [0, 0.05) is 31.9 Å². The smallest absolute Gasteiger partial charge is 0.229 e. The molecule has 0 spiro atoms. The second kappa shape index (κ2) is 8.95. The topological polar surface area (TPSA) is 129 Å². The van der Waals surface area contributed by atoms with Crippen LogP contribution in [-0.4, -0.2) is 81.6 Å². The number of carbonyl (C=O) groups excluding carboxylic acids is 1. The Balaban J connectivity index is 1.38. The summed E-state index contributed by atoms with van der Waals surface area (Å²) in [4.78, 5) is 13.2. The first-order valence-corrected chi connectivity index (χ1v) is 13.1. The van der Waals surface area contributed by atoms with Gasteiger partial charge in [0.25, 0.3) is 0 Å². The van der Waals surface area contributed by atoms with E-state index >= 15 is 0 Å². The van der Waals surface area contributed by atoms with Crippen molar-refractivity contribution in [3.8, 4) is 0 Å². The third-order valence-electron chi connectivity index (χ3n) is 7.42. The van der Waals surface area contributed by atoms with Gasteiger partial charge in [-0.15, -0.1) is 0 Å². The number of nitrogens with zero attached hydrogens (tertiary/aromatic N) is 1. The number of carbonyl (C=O) groups is 1. The van der Waals surface area contributed by atoms with Crippen LogP contribution in [0, 0.1) is 17.8 Å². The van der Waals surface area contributed by atoms with E-state index < -0.39 is 28.1 Å². The number of hydrogen-bond acceptors (Lipinski definition) is 8. The Kier molecular flexibility index (Phi) is 6.67. The summed E-state index contributed by atoms with van der Waals surface area (Å²) in [6.45, 7) is 2.04. The molecular formula is C19H35FN6O3S. The number of fused-ring (bicyclic) bond motifs is 1. The van der Waals surface area contributed by atoms with E-state index in [1.807, 2.05) is 0 Å². The molecule has 30 heavy (non-hydrogen) atoms. The molecule has 0 aromatic heterocycles. The van der Waals surface area contributed by atoms with Gasteiger partial charge in [-0.2, -0.15) is 0 Å². The molecule has 4 aliphatic rings. The standard InChI is InChI=1S/C19H35FN6O3S/c1-30(28,29)13-4-2-11(3-5-13)14-6-7-22-9-15(14)24-19(27)16-17(21)25-26-10-12(20)8-23-18(16)26/h11-18,22-23,25H,2-10,21H2,1H3,(H,24,27). The Hall–Kier alpha value is -0.850. The van der Waals surface area contributed by atoms with Gasteiger partial charge in [0.05, 0.1) is 23.5 Å². The van der Waals surface area contributed by atoms with Crippen LogP contribution in [-0.2, 0) is 14.6 Å². The number of alkyl halides is 1. The second-order valence-corrected chi connectivity index (χ2v) is 11.7. The number of amides is 1. The maximum atomic E-state index is 13.7. The Morgan fingerprint density at radius 3 is 2.60 bits per heavy atom. The van der Waals surface area contributed by atoms with Crippen LogP contribution in [0.5, 0.6) is 0 Å². The molecule has 3 saturated heterocycles. The maximum absolute atomic E-state index is 13.7. The third kappa shape index (κ3) is 4.66. The fraction of sp³-hybridized carbons (Fsp3) is 0.947. The van der Waals surface area contributed by atoms with Crippen molar-refractivity contribution >= 4 is 15.7 Å². The number of hydrazine groups is 1. The molecule has 1 amide bonds. The van der Waals surface area contributed by atoms with E-state index in [4.69, 9.17) is 5.73 Å². The van der Waals surface area contributed by atoms with Crippen molar-refractivity contribution < 1.29 is 17.6 Å². The summed E-state index contributed by atoms with van der Waals surface area (Å²) in [5, 5.41) is 11.2. The minimum absolute atomic E-state index is 0.00945. The van der Waals surface area contributed by atoms with Crippen LogP contribution in [0.4, 0.5) is 4.39 Å². The molecule has 0 aromatic carbocycles. The minimum Gasteiger partial charge on any atom is -0.351 e. The van der Waals surface area contributed by atoms with Crippen molar-refractivity contribution in [2.45, 2.75) is 61.9 Å². The van der Waals surface area contributed by atoms with Crippen LogP contribution in [0.25, 0.3) is 0 Å². The van der Waals surface area contributed by atoms with Crippen molar-refractivity contribution in [3.05, 3.63) is 0 Å². The second-order valence-electron chi connectivity index (χ2n) is 9.42. The molecule has 0 radical (unpaired) electrons. The fourth-order valence-electron chi connectivity index (χ4n) is 5.80. The number of nitrogens with two attached hydrogens (primary N) is 1. The molecule has 1 aliphatic carbocycles. The molecule has 9 nitrogen and oxygen atoms in total. The quantitative estimate of drug-likeness (QED) is 0.359.